The molecule has 0 aromatic heterocycles. The van der Waals surface area contributed by atoms with Crippen molar-refractivity contribution in [2.24, 2.45) is 0 Å². The van der Waals surface area contributed by atoms with E-state index in [1.807, 2.05) is 0 Å². The first kappa shape index (κ1) is 36.9. The summed E-state index contributed by atoms with van der Waals surface area (Å²) in [6, 6.07) is 0. The summed E-state index contributed by atoms with van der Waals surface area (Å²) >= 11 is 0. The van der Waals surface area contributed by atoms with Gasteiger partial charge < -0.3 is 30.5 Å². The second-order valence-electron chi connectivity index (χ2n) is 3.41. The quantitative estimate of drug-likeness (QED) is 0.360. The van der Waals surface area contributed by atoms with Gasteiger partial charge in [0.25, 0.3) is 0 Å². The molecule has 0 aromatic rings. The first-order valence-corrected chi connectivity index (χ1v) is 6.83. The molecule has 0 amide bonds. The summed E-state index contributed by atoms with van der Waals surface area (Å²) in [6.07, 6.45) is 9.11. The van der Waals surface area contributed by atoms with Gasteiger partial charge in [-0.3, -0.25) is 0 Å². The topological polar surface area (TPSA) is 0 Å². The molecule has 0 heterocycles. The standard InChI is InChI=1S/4C4H9.Ba.Zn.2H/c4*1-3-4-2;;;;/h4*1,3-4H2,2H3;;;;/q4*-1;+2;;2*-1. The number of unbranched alkanes of at least 4 members (excludes halogenated alkanes) is 4. The van der Waals surface area contributed by atoms with Gasteiger partial charge in [-0.2, -0.15) is 25.7 Å². The van der Waals surface area contributed by atoms with E-state index in [1.165, 1.54) is 25.7 Å². The van der Waals surface area contributed by atoms with Crippen molar-refractivity contribution in [1.29, 1.82) is 0 Å². The van der Waals surface area contributed by atoms with E-state index in [0.29, 0.717) is 0 Å². The zero-order chi connectivity index (χ0) is 13.7. The maximum atomic E-state index is 3.60. The zero-order valence-corrected chi connectivity index (χ0v) is 21.3. The van der Waals surface area contributed by atoms with Crippen LogP contribution in [0.2, 0.25) is 0 Å². The summed E-state index contributed by atoms with van der Waals surface area (Å²) in [5.74, 6) is 0. The van der Waals surface area contributed by atoms with Gasteiger partial charge >= 0.3 is 48.9 Å². The van der Waals surface area contributed by atoms with E-state index in [4.69, 9.17) is 0 Å². The summed E-state index contributed by atoms with van der Waals surface area (Å²) in [7, 11) is 0. The number of rotatable bonds is 4. The molecule has 0 saturated carbocycles. The first-order valence-electron chi connectivity index (χ1n) is 6.83. The van der Waals surface area contributed by atoms with Crippen LogP contribution in [-0.2, 0) is 19.5 Å². The molecule has 0 aliphatic carbocycles. The summed E-state index contributed by atoms with van der Waals surface area (Å²) < 4.78 is 0. The largest absolute Gasteiger partial charge is 2.00 e. The van der Waals surface area contributed by atoms with Crippen LogP contribution in [0.25, 0.3) is 0 Å². The van der Waals surface area contributed by atoms with Crippen molar-refractivity contribution in [3.8, 4) is 0 Å². The Morgan fingerprint density at radius 2 is 0.611 bits per heavy atom. The van der Waals surface area contributed by atoms with E-state index in [1.54, 1.807) is 0 Å². The molecule has 0 aromatic carbocycles. The smallest absolute Gasteiger partial charge is 1.00 e. The van der Waals surface area contributed by atoms with Crippen molar-refractivity contribution in [2.75, 3.05) is 0 Å². The Bertz CT molecular complexity index is 44.4. The van der Waals surface area contributed by atoms with E-state index < -0.39 is 0 Å². The van der Waals surface area contributed by atoms with Crippen LogP contribution in [0.15, 0.2) is 0 Å². The molecule has 0 aliphatic heterocycles. The maximum absolute atomic E-state index is 3.60. The molecule has 0 N–H and O–H groups in total. The van der Waals surface area contributed by atoms with Crippen molar-refractivity contribution >= 4 is 48.9 Å². The number of hydrogen-bond donors (Lipinski definition) is 0. The molecule has 0 rings (SSSR count). The predicted molar refractivity (Wildman–Crippen MR) is 89.0 cm³/mol. The summed E-state index contributed by atoms with van der Waals surface area (Å²) in [4.78, 5) is 0. The third kappa shape index (κ3) is 140. The molecule has 0 atom stereocenters. The van der Waals surface area contributed by atoms with E-state index in [-0.39, 0.29) is 71.2 Å². The van der Waals surface area contributed by atoms with Crippen LogP contribution in [0.3, 0.4) is 0 Å². The molecule has 2 heteroatoms. The fraction of sp³-hybridized carbons (Fsp3) is 0.750. The van der Waals surface area contributed by atoms with Gasteiger partial charge in [-0.25, -0.2) is 0 Å². The Morgan fingerprint density at radius 3 is 0.611 bits per heavy atom. The first-order chi connectivity index (χ1) is 7.66. The van der Waals surface area contributed by atoms with Crippen LogP contribution in [0.4, 0.5) is 0 Å². The van der Waals surface area contributed by atoms with Crippen molar-refractivity contribution in [3.05, 3.63) is 27.7 Å². The Morgan fingerprint density at radius 1 is 0.556 bits per heavy atom. The van der Waals surface area contributed by atoms with E-state index in [2.05, 4.69) is 55.4 Å². The van der Waals surface area contributed by atoms with Gasteiger partial charge in [0.1, 0.15) is 0 Å². The average Bonchev–Trinajstić information content (AvgIpc) is 2.39. The van der Waals surface area contributed by atoms with Crippen molar-refractivity contribution in [3.63, 3.8) is 0 Å². The van der Waals surface area contributed by atoms with Gasteiger partial charge in [0.05, 0.1) is 0 Å². The summed E-state index contributed by atoms with van der Waals surface area (Å²) in [6.45, 7) is 22.9. The molecular formula is C16H38BaZn-4. The SMILES string of the molecule is [Ba+2].[CH2-]CCC.[CH2-]CCC.[CH2-]CCC.[CH2-]CCC.[H-].[H-].[Zn]. The van der Waals surface area contributed by atoms with Gasteiger partial charge in [0, 0.05) is 19.5 Å². The van der Waals surface area contributed by atoms with Crippen LogP contribution in [0.1, 0.15) is 81.9 Å². The monoisotopic (exact) mass is 432 g/mol. The molecule has 110 valence electrons. The predicted octanol–water partition coefficient (Wildman–Crippen LogP) is 6.32. The van der Waals surface area contributed by atoms with Crippen LogP contribution in [0.5, 0.6) is 0 Å². The Balaban J connectivity index is -0.0000000150. The van der Waals surface area contributed by atoms with Crippen LogP contribution < -0.4 is 0 Å². The molecular weight excluding hydrogens is 395 g/mol. The molecule has 0 saturated heterocycles. The van der Waals surface area contributed by atoms with Gasteiger partial charge in [-0.05, 0) is 0 Å². The third-order valence-corrected chi connectivity index (χ3v) is 1.41. The molecule has 0 nitrogen and oxygen atoms in total. The van der Waals surface area contributed by atoms with E-state index in [9.17, 15) is 0 Å². The van der Waals surface area contributed by atoms with Gasteiger partial charge in [0.15, 0.2) is 0 Å². The van der Waals surface area contributed by atoms with Crippen molar-refractivity contribution < 1.29 is 22.3 Å². The molecule has 0 spiro atoms. The third-order valence-electron chi connectivity index (χ3n) is 1.41. The molecule has 0 bridgehead atoms. The second kappa shape index (κ2) is 61.1. The summed E-state index contributed by atoms with van der Waals surface area (Å²) in [5, 5.41) is 0. The maximum Gasteiger partial charge on any atom is 2.00 e. The fourth-order valence-corrected chi connectivity index (χ4v) is 0. The molecule has 0 unspecified atom stereocenters. The molecule has 18 heavy (non-hydrogen) atoms. The molecule has 0 aliphatic rings. The normalized spacial score (nSPS) is 6.67. The van der Waals surface area contributed by atoms with Crippen molar-refractivity contribution in [1.82, 2.24) is 0 Å². The number of hydrogen-bond acceptors (Lipinski definition) is 0. The zero-order valence-electron chi connectivity index (χ0n) is 15.9. The molecule has 0 fully saturated rings. The molecule has 0 radical (unpaired) electrons. The van der Waals surface area contributed by atoms with Gasteiger partial charge in [0.2, 0.25) is 0 Å². The Hall–Kier alpha value is 2.19. The Kier molecular flexibility index (Phi) is 125. The minimum Gasteiger partial charge on any atom is -1.00 e. The van der Waals surface area contributed by atoms with Crippen LogP contribution in [-0.4, -0.2) is 48.9 Å². The van der Waals surface area contributed by atoms with Gasteiger partial charge in [-0.1, -0.05) is 53.4 Å². The van der Waals surface area contributed by atoms with Crippen LogP contribution >= 0.6 is 0 Å². The fourth-order valence-electron chi connectivity index (χ4n) is 0. The van der Waals surface area contributed by atoms with E-state index >= 15 is 0 Å². The van der Waals surface area contributed by atoms with Gasteiger partial charge in [-0.15, -0.1) is 0 Å². The van der Waals surface area contributed by atoms with E-state index in [0.717, 1.165) is 25.7 Å². The minimum absolute atomic E-state index is 0. The minimum atomic E-state index is 0. The summed E-state index contributed by atoms with van der Waals surface area (Å²) in [5.41, 5.74) is 0. The second-order valence-corrected chi connectivity index (χ2v) is 3.41. The Labute approximate surface area is 176 Å². The van der Waals surface area contributed by atoms with Crippen LogP contribution in [0, 0.1) is 27.7 Å². The van der Waals surface area contributed by atoms with Crippen molar-refractivity contribution in [2.45, 2.75) is 79.1 Å². The average molecular weight is 433 g/mol.